The molecule has 0 unspecified atom stereocenters. The topological polar surface area (TPSA) is 76.7 Å². The molecule has 2 amide bonds. The van der Waals surface area contributed by atoms with Crippen LogP contribution in [0.3, 0.4) is 0 Å². The van der Waals surface area contributed by atoms with Gasteiger partial charge in [-0.05, 0) is 24.6 Å². The molecular formula is C20H20N2O4. The van der Waals surface area contributed by atoms with E-state index in [1.807, 2.05) is 24.3 Å². The molecule has 0 spiro atoms. The van der Waals surface area contributed by atoms with Gasteiger partial charge in [-0.25, -0.2) is 4.79 Å². The molecule has 0 aliphatic carbocycles. The molecule has 2 N–H and O–H groups in total. The van der Waals surface area contributed by atoms with Crippen molar-refractivity contribution in [2.45, 2.75) is 13.0 Å². The van der Waals surface area contributed by atoms with E-state index in [-0.39, 0.29) is 11.8 Å². The van der Waals surface area contributed by atoms with Crippen LogP contribution in [0.2, 0.25) is 0 Å². The van der Waals surface area contributed by atoms with Crippen molar-refractivity contribution >= 4 is 11.8 Å². The average molecular weight is 352 g/mol. The summed E-state index contributed by atoms with van der Waals surface area (Å²) in [6.07, 6.45) is 0. The van der Waals surface area contributed by atoms with Crippen LogP contribution in [-0.4, -0.2) is 26.0 Å². The minimum absolute atomic E-state index is 0.143. The quantitative estimate of drug-likeness (QED) is 0.810. The minimum Gasteiger partial charge on any atom is -0.493 e. The smallest absolute Gasteiger partial charge is 0.319 e. The summed E-state index contributed by atoms with van der Waals surface area (Å²) in [5.74, 6) is 0.963. The zero-order chi connectivity index (χ0) is 18.7. The van der Waals surface area contributed by atoms with Gasteiger partial charge in [0, 0.05) is 16.8 Å². The molecule has 134 valence electrons. The van der Waals surface area contributed by atoms with Crippen LogP contribution in [0.25, 0.3) is 0 Å². The maximum absolute atomic E-state index is 13.1. The highest BCUT2D eigenvalue weighted by Gasteiger charge is 2.32. The van der Waals surface area contributed by atoms with Gasteiger partial charge in [0.2, 0.25) is 0 Å². The Labute approximate surface area is 151 Å². The van der Waals surface area contributed by atoms with Crippen molar-refractivity contribution in [3.63, 3.8) is 0 Å². The molecular weight excluding hydrogens is 332 g/mol. The summed E-state index contributed by atoms with van der Waals surface area (Å²) in [6.45, 7) is 1.72. The number of benzene rings is 2. The molecule has 6 heteroatoms. The number of ketones is 1. The SMILES string of the molecule is COc1ccc([C@H]2NC(=O)NC(C)=C2C(=O)c2ccccc2)cc1OC. The molecule has 0 fully saturated rings. The molecule has 1 heterocycles. The van der Waals surface area contributed by atoms with E-state index in [0.717, 1.165) is 5.56 Å². The lowest BCUT2D eigenvalue weighted by Crippen LogP contribution is -2.45. The van der Waals surface area contributed by atoms with E-state index < -0.39 is 6.04 Å². The van der Waals surface area contributed by atoms with E-state index in [0.29, 0.717) is 28.3 Å². The standard InChI is InChI=1S/C20H20N2O4/c1-12-17(19(23)13-7-5-4-6-8-13)18(22-20(24)21-12)14-9-10-15(25-2)16(11-14)26-3/h4-11,18H,1-3H3,(H2,21,22,24)/t18-/m1/s1. The van der Waals surface area contributed by atoms with Crippen LogP contribution in [0.4, 0.5) is 4.79 Å². The number of methoxy groups -OCH3 is 2. The van der Waals surface area contributed by atoms with Gasteiger partial charge < -0.3 is 20.1 Å². The first-order valence-electron chi connectivity index (χ1n) is 8.15. The fourth-order valence-corrected chi connectivity index (χ4v) is 3.02. The van der Waals surface area contributed by atoms with Gasteiger partial charge in [0.25, 0.3) is 0 Å². The van der Waals surface area contributed by atoms with E-state index >= 15 is 0 Å². The fraction of sp³-hybridized carbons (Fsp3) is 0.200. The van der Waals surface area contributed by atoms with Crippen LogP contribution in [0.5, 0.6) is 11.5 Å². The number of hydrogen-bond donors (Lipinski definition) is 2. The van der Waals surface area contributed by atoms with E-state index in [9.17, 15) is 9.59 Å². The first-order chi connectivity index (χ1) is 12.5. The van der Waals surface area contributed by atoms with Crippen molar-refractivity contribution in [3.8, 4) is 11.5 Å². The molecule has 0 aromatic heterocycles. The molecule has 2 aromatic carbocycles. The largest absolute Gasteiger partial charge is 0.493 e. The number of allylic oxidation sites excluding steroid dienone is 1. The number of urea groups is 1. The maximum atomic E-state index is 13.1. The first kappa shape index (κ1) is 17.5. The molecule has 0 radical (unpaired) electrons. The lowest BCUT2D eigenvalue weighted by atomic mass is 9.89. The molecule has 0 saturated heterocycles. The summed E-state index contributed by atoms with van der Waals surface area (Å²) < 4.78 is 10.6. The summed E-state index contributed by atoms with van der Waals surface area (Å²) in [4.78, 5) is 25.1. The molecule has 1 aliphatic rings. The number of ether oxygens (including phenoxy) is 2. The van der Waals surface area contributed by atoms with Gasteiger partial charge in [-0.3, -0.25) is 4.79 Å². The second kappa shape index (κ2) is 7.31. The van der Waals surface area contributed by atoms with Crippen LogP contribution in [0, 0.1) is 0 Å². The Bertz CT molecular complexity index is 875. The van der Waals surface area contributed by atoms with E-state index in [4.69, 9.17) is 9.47 Å². The van der Waals surface area contributed by atoms with Crippen LogP contribution < -0.4 is 20.1 Å². The Morgan fingerprint density at radius 3 is 2.35 bits per heavy atom. The lowest BCUT2D eigenvalue weighted by molar-refractivity contribution is 0.102. The summed E-state index contributed by atoms with van der Waals surface area (Å²) in [5, 5.41) is 5.51. The summed E-state index contributed by atoms with van der Waals surface area (Å²) >= 11 is 0. The average Bonchev–Trinajstić information content (AvgIpc) is 2.67. The second-order valence-electron chi connectivity index (χ2n) is 5.88. The molecule has 2 aromatic rings. The van der Waals surface area contributed by atoms with Crippen molar-refractivity contribution in [1.82, 2.24) is 10.6 Å². The maximum Gasteiger partial charge on any atom is 0.319 e. The highest BCUT2D eigenvalue weighted by Crippen LogP contribution is 2.35. The van der Waals surface area contributed by atoms with Gasteiger partial charge in [0.15, 0.2) is 17.3 Å². The molecule has 26 heavy (non-hydrogen) atoms. The number of hydrogen-bond acceptors (Lipinski definition) is 4. The van der Waals surface area contributed by atoms with Crippen molar-refractivity contribution in [3.05, 3.63) is 70.9 Å². The molecule has 0 bridgehead atoms. The van der Waals surface area contributed by atoms with Gasteiger partial charge >= 0.3 is 6.03 Å². The van der Waals surface area contributed by atoms with Crippen molar-refractivity contribution in [2.75, 3.05) is 14.2 Å². The Morgan fingerprint density at radius 2 is 1.69 bits per heavy atom. The Hall–Kier alpha value is -3.28. The number of carbonyl (C=O) groups is 2. The monoisotopic (exact) mass is 352 g/mol. The number of rotatable bonds is 5. The lowest BCUT2D eigenvalue weighted by Gasteiger charge is -2.29. The summed E-state index contributed by atoms with van der Waals surface area (Å²) in [7, 11) is 3.10. The van der Waals surface area contributed by atoms with Crippen molar-refractivity contribution in [1.29, 1.82) is 0 Å². The van der Waals surface area contributed by atoms with Gasteiger partial charge in [-0.2, -0.15) is 0 Å². The number of carbonyl (C=O) groups excluding carboxylic acids is 2. The van der Waals surface area contributed by atoms with Crippen LogP contribution in [-0.2, 0) is 0 Å². The molecule has 0 saturated carbocycles. The van der Waals surface area contributed by atoms with Crippen LogP contribution in [0.15, 0.2) is 59.8 Å². The van der Waals surface area contributed by atoms with E-state index in [1.165, 1.54) is 0 Å². The normalized spacial score (nSPS) is 16.6. The van der Waals surface area contributed by atoms with E-state index in [2.05, 4.69) is 10.6 Å². The fourth-order valence-electron chi connectivity index (χ4n) is 3.02. The van der Waals surface area contributed by atoms with E-state index in [1.54, 1.807) is 45.4 Å². The predicted molar refractivity (Wildman–Crippen MR) is 97.4 cm³/mol. The van der Waals surface area contributed by atoms with Crippen LogP contribution >= 0.6 is 0 Å². The highest BCUT2D eigenvalue weighted by molar-refractivity contribution is 6.11. The number of amides is 2. The predicted octanol–water partition coefficient (Wildman–Crippen LogP) is 3.21. The Morgan fingerprint density at radius 1 is 1.00 bits per heavy atom. The number of Topliss-reactive ketones (excluding diaryl/α,β-unsaturated/α-hetero) is 1. The van der Waals surface area contributed by atoms with Gasteiger partial charge in [-0.1, -0.05) is 36.4 Å². The van der Waals surface area contributed by atoms with Crippen LogP contribution in [0.1, 0.15) is 28.9 Å². The molecule has 3 rings (SSSR count). The first-order valence-corrected chi connectivity index (χ1v) is 8.15. The van der Waals surface area contributed by atoms with Gasteiger partial charge in [-0.15, -0.1) is 0 Å². The zero-order valence-electron chi connectivity index (χ0n) is 14.8. The summed E-state index contributed by atoms with van der Waals surface area (Å²) in [5.41, 5.74) is 2.31. The van der Waals surface area contributed by atoms with Crippen molar-refractivity contribution in [2.24, 2.45) is 0 Å². The Balaban J connectivity index is 2.07. The van der Waals surface area contributed by atoms with Gasteiger partial charge in [0.05, 0.1) is 20.3 Å². The third-order valence-corrected chi connectivity index (χ3v) is 4.29. The van der Waals surface area contributed by atoms with Crippen molar-refractivity contribution < 1.29 is 19.1 Å². The molecule has 1 aliphatic heterocycles. The third kappa shape index (κ3) is 3.26. The van der Waals surface area contributed by atoms with Gasteiger partial charge in [0.1, 0.15) is 0 Å². The Kier molecular flexibility index (Phi) is 4.93. The molecule has 6 nitrogen and oxygen atoms in total. The minimum atomic E-state index is -0.587. The third-order valence-electron chi connectivity index (χ3n) is 4.29. The highest BCUT2D eigenvalue weighted by atomic mass is 16.5. The zero-order valence-corrected chi connectivity index (χ0v) is 14.8. The second-order valence-corrected chi connectivity index (χ2v) is 5.88. The number of nitrogens with one attached hydrogen (secondary N) is 2. The summed E-state index contributed by atoms with van der Waals surface area (Å²) in [6, 6.07) is 13.4. The molecule has 1 atom stereocenters.